The highest BCUT2D eigenvalue weighted by Gasteiger charge is 2.32. The van der Waals surface area contributed by atoms with Gasteiger partial charge in [-0.15, -0.1) is 0 Å². The third-order valence-electron chi connectivity index (χ3n) is 10.7. The fourth-order valence-corrected chi connectivity index (χ4v) is 7.78. The maximum atomic E-state index is 14.2. The number of hydrogen-bond acceptors (Lipinski definition) is 8. The molecule has 0 radical (unpaired) electrons. The molecule has 0 unspecified atom stereocenters. The van der Waals surface area contributed by atoms with Gasteiger partial charge < -0.3 is 24.0 Å². The van der Waals surface area contributed by atoms with E-state index < -0.39 is 0 Å². The smallest absolute Gasteiger partial charge is 0.266 e. The quantitative estimate of drug-likeness (QED) is 0.106. The molecule has 1 atom stereocenters. The van der Waals surface area contributed by atoms with Crippen molar-refractivity contribution in [2.75, 3.05) is 44.9 Å². The Hall–Kier alpha value is -5.64. The predicted molar refractivity (Wildman–Crippen MR) is 214 cm³/mol. The van der Waals surface area contributed by atoms with Gasteiger partial charge in [0.25, 0.3) is 11.5 Å². The average Bonchev–Trinajstić information content (AvgIpc) is 3.91. The zero-order valence-corrected chi connectivity index (χ0v) is 30.9. The van der Waals surface area contributed by atoms with Crippen molar-refractivity contribution in [1.82, 2.24) is 14.5 Å². The van der Waals surface area contributed by atoms with Gasteiger partial charge in [0.1, 0.15) is 11.6 Å². The Kier molecular flexibility index (Phi) is 10.6. The summed E-state index contributed by atoms with van der Waals surface area (Å²) >= 11 is 0. The minimum absolute atomic E-state index is 0.00911. The molecule has 2 saturated heterocycles. The summed E-state index contributed by atoms with van der Waals surface area (Å²) in [6.45, 7) is 3.97. The van der Waals surface area contributed by atoms with E-state index in [-0.39, 0.29) is 17.5 Å². The number of amides is 1. The molecule has 8 rings (SSSR count). The maximum absolute atomic E-state index is 14.2. The number of ether oxygens (including phenoxy) is 3. The van der Waals surface area contributed by atoms with Crippen LogP contribution in [-0.2, 0) is 0 Å². The molecule has 10 heteroatoms. The molecule has 54 heavy (non-hydrogen) atoms. The number of nitrogens with zero attached hydrogens (tertiary/aromatic N) is 5. The molecule has 3 aliphatic rings. The topological polar surface area (TPSA) is 98.5 Å². The SMILES string of the molecule is COc1cc2c(cc1OCCCCCCCOc1ccc(-n3c(-c4ccccc4)nc4ccc(N5CCCC5)cc4c3=O)cc1)N=C[C@@H]1CCCN1C2=O. The molecule has 2 fully saturated rings. The van der Waals surface area contributed by atoms with E-state index in [1.54, 1.807) is 17.7 Å². The average molecular weight is 726 g/mol. The summed E-state index contributed by atoms with van der Waals surface area (Å²) in [5.74, 6) is 2.57. The van der Waals surface area contributed by atoms with Crippen molar-refractivity contribution in [3.8, 4) is 34.3 Å². The lowest BCUT2D eigenvalue weighted by Gasteiger charge is -2.20. The van der Waals surface area contributed by atoms with Gasteiger partial charge in [-0.1, -0.05) is 49.6 Å². The second-order valence-electron chi connectivity index (χ2n) is 14.3. The van der Waals surface area contributed by atoms with Crippen molar-refractivity contribution in [2.45, 2.75) is 63.8 Å². The maximum Gasteiger partial charge on any atom is 0.266 e. The first kappa shape index (κ1) is 35.4. The molecule has 0 aliphatic carbocycles. The van der Waals surface area contributed by atoms with Crippen molar-refractivity contribution < 1.29 is 19.0 Å². The van der Waals surface area contributed by atoms with Gasteiger partial charge in [-0.3, -0.25) is 19.1 Å². The molecule has 0 N–H and O–H groups in total. The fraction of sp³-hybridized carbons (Fsp3) is 0.364. The van der Waals surface area contributed by atoms with Crippen LogP contribution in [-0.4, -0.2) is 72.6 Å². The summed E-state index contributed by atoms with van der Waals surface area (Å²) in [6.07, 6.45) is 11.2. The van der Waals surface area contributed by atoms with Crippen LogP contribution >= 0.6 is 0 Å². The minimum Gasteiger partial charge on any atom is -0.494 e. The van der Waals surface area contributed by atoms with Crippen LogP contribution in [0.1, 0.15) is 68.1 Å². The van der Waals surface area contributed by atoms with Crippen molar-refractivity contribution >= 4 is 34.4 Å². The summed E-state index contributed by atoms with van der Waals surface area (Å²) in [6, 6.07) is 27.3. The van der Waals surface area contributed by atoms with Crippen LogP contribution in [0.15, 0.2) is 94.7 Å². The molecule has 0 spiro atoms. The highest BCUT2D eigenvalue weighted by Crippen LogP contribution is 2.38. The summed E-state index contributed by atoms with van der Waals surface area (Å²) < 4.78 is 19.5. The Bertz CT molecular complexity index is 2190. The van der Waals surface area contributed by atoms with Crippen LogP contribution in [0, 0.1) is 0 Å². The number of fused-ring (bicyclic) bond motifs is 3. The summed E-state index contributed by atoms with van der Waals surface area (Å²) in [4.78, 5) is 41.2. The van der Waals surface area contributed by atoms with Crippen LogP contribution in [0.3, 0.4) is 0 Å². The minimum atomic E-state index is -0.0814. The number of hydrogen-bond donors (Lipinski definition) is 0. The number of carbonyl (C=O) groups is 1. The zero-order chi connectivity index (χ0) is 36.9. The monoisotopic (exact) mass is 725 g/mol. The number of benzene rings is 4. The number of rotatable bonds is 14. The van der Waals surface area contributed by atoms with Gasteiger partial charge in [-0.2, -0.15) is 0 Å². The van der Waals surface area contributed by atoms with Gasteiger partial charge >= 0.3 is 0 Å². The second kappa shape index (κ2) is 16.2. The van der Waals surface area contributed by atoms with E-state index in [1.807, 2.05) is 83.9 Å². The fourth-order valence-electron chi connectivity index (χ4n) is 7.78. The van der Waals surface area contributed by atoms with Gasteiger partial charge in [0.2, 0.25) is 0 Å². The molecule has 1 amide bonds. The van der Waals surface area contributed by atoms with E-state index in [9.17, 15) is 9.59 Å². The molecular formula is C44H47N5O5. The molecule has 4 aromatic carbocycles. The number of methoxy groups -OCH3 is 1. The van der Waals surface area contributed by atoms with E-state index in [0.717, 1.165) is 87.3 Å². The Morgan fingerprint density at radius 3 is 2.26 bits per heavy atom. The standard InChI is InChI=1S/C44H47N5O5/c1-52-40-28-37-39(45-30-34-15-12-24-48(34)43(37)50)29-41(40)54-26-11-4-2-3-10-25-53-35-19-16-32(17-20-35)49-42(31-13-6-5-7-14-31)46-38-21-18-33(27-36(38)44(49)51)47-22-8-9-23-47/h5-7,13-14,16-21,27-30,34H,2-4,8-12,15,22-26H2,1H3/t34-/m0/s1. The largest absolute Gasteiger partial charge is 0.494 e. The third-order valence-corrected chi connectivity index (χ3v) is 10.7. The molecule has 10 nitrogen and oxygen atoms in total. The van der Waals surface area contributed by atoms with Crippen molar-refractivity contribution in [1.29, 1.82) is 0 Å². The van der Waals surface area contributed by atoms with Crippen molar-refractivity contribution in [3.63, 3.8) is 0 Å². The first-order chi connectivity index (χ1) is 26.6. The highest BCUT2D eigenvalue weighted by atomic mass is 16.5. The highest BCUT2D eigenvalue weighted by molar-refractivity contribution is 6.03. The molecule has 0 saturated carbocycles. The molecule has 0 bridgehead atoms. The number of carbonyl (C=O) groups excluding carboxylic acids is 1. The first-order valence-electron chi connectivity index (χ1n) is 19.4. The van der Waals surface area contributed by atoms with Gasteiger partial charge in [0.15, 0.2) is 11.5 Å². The molecule has 3 aliphatic heterocycles. The van der Waals surface area contributed by atoms with Crippen molar-refractivity contribution in [2.24, 2.45) is 4.99 Å². The normalized spacial score (nSPS) is 16.4. The Morgan fingerprint density at radius 2 is 1.48 bits per heavy atom. The summed E-state index contributed by atoms with van der Waals surface area (Å²) in [5.41, 5.74) is 4.54. The number of aromatic nitrogens is 2. The van der Waals surface area contributed by atoms with Gasteiger partial charge in [-0.25, -0.2) is 4.98 Å². The van der Waals surface area contributed by atoms with Gasteiger partial charge in [0, 0.05) is 43.2 Å². The van der Waals surface area contributed by atoms with Crippen LogP contribution in [0.5, 0.6) is 17.2 Å². The molecule has 5 aromatic rings. The lowest BCUT2D eigenvalue weighted by atomic mass is 10.1. The molecule has 278 valence electrons. The summed E-state index contributed by atoms with van der Waals surface area (Å²) in [7, 11) is 1.60. The van der Waals surface area contributed by atoms with Gasteiger partial charge in [-0.05, 0) is 87.1 Å². The zero-order valence-electron chi connectivity index (χ0n) is 30.9. The Balaban J connectivity index is 0.838. The second-order valence-corrected chi connectivity index (χ2v) is 14.3. The lowest BCUT2D eigenvalue weighted by molar-refractivity contribution is 0.0774. The van der Waals surface area contributed by atoms with E-state index in [4.69, 9.17) is 19.2 Å². The van der Waals surface area contributed by atoms with E-state index in [0.29, 0.717) is 52.7 Å². The molecule has 4 heterocycles. The Labute approximate surface area is 316 Å². The molecule has 1 aromatic heterocycles. The van der Waals surface area contributed by atoms with Crippen LogP contribution in [0.2, 0.25) is 0 Å². The van der Waals surface area contributed by atoms with E-state index >= 15 is 0 Å². The summed E-state index contributed by atoms with van der Waals surface area (Å²) in [5, 5.41) is 0.618. The van der Waals surface area contributed by atoms with Crippen LogP contribution in [0.4, 0.5) is 11.4 Å². The number of aliphatic imine (C=N–C) groups is 1. The van der Waals surface area contributed by atoms with E-state index in [1.165, 1.54) is 12.8 Å². The lowest BCUT2D eigenvalue weighted by Crippen LogP contribution is -2.35. The Morgan fingerprint density at radius 1 is 0.741 bits per heavy atom. The van der Waals surface area contributed by atoms with E-state index in [2.05, 4.69) is 16.0 Å². The predicted octanol–water partition coefficient (Wildman–Crippen LogP) is 8.39. The molecular weight excluding hydrogens is 679 g/mol. The van der Waals surface area contributed by atoms with Crippen LogP contribution in [0.25, 0.3) is 28.0 Å². The first-order valence-corrected chi connectivity index (χ1v) is 19.4. The number of anilines is 1. The third kappa shape index (κ3) is 7.42. The number of unbranched alkanes of at least 4 members (excludes halogenated alkanes) is 4. The van der Waals surface area contributed by atoms with Crippen molar-refractivity contribution in [3.05, 3.63) is 101 Å². The van der Waals surface area contributed by atoms with Crippen LogP contribution < -0.4 is 24.7 Å². The van der Waals surface area contributed by atoms with Gasteiger partial charge in [0.05, 0.1) is 54.2 Å².